The first-order valence-corrected chi connectivity index (χ1v) is 12.3. The molecule has 1 aliphatic rings. The number of amides is 2. The molecule has 5 rings (SSSR count). The maximum absolute atomic E-state index is 13.0. The number of benzene rings is 2. The Morgan fingerprint density at radius 1 is 1.06 bits per heavy atom. The van der Waals surface area contributed by atoms with Crippen molar-refractivity contribution in [3.8, 4) is 11.3 Å². The van der Waals surface area contributed by atoms with E-state index in [1.807, 2.05) is 69.4 Å². The summed E-state index contributed by atoms with van der Waals surface area (Å²) in [5.74, 6) is -0.0740. The van der Waals surface area contributed by atoms with E-state index in [2.05, 4.69) is 12.2 Å². The van der Waals surface area contributed by atoms with Gasteiger partial charge in [-0.3, -0.25) is 14.0 Å². The third-order valence-electron chi connectivity index (χ3n) is 6.11. The Hall–Kier alpha value is -3.45. The van der Waals surface area contributed by atoms with Crippen molar-refractivity contribution in [1.82, 2.24) is 14.3 Å². The fourth-order valence-corrected chi connectivity index (χ4v) is 5.03. The summed E-state index contributed by atoms with van der Waals surface area (Å²) in [7, 11) is 0. The zero-order chi connectivity index (χ0) is 22.8. The van der Waals surface area contributed by atoms with Crippen LogP contribution in [0.25, 0.3) is 16.2 Å². The van der Waals surface area contributed by atoms with Gasteiger partial charge in [-0.1, -0.05) is 31.2 Å². The van der Waals surface area contributed by atoms with Crippen molar-refractivity contribution in [3.05, 3.63) is 76.9 Å². The summed E-state index contributed by atoms with van der Waals surface area (Å²) in [4.78, 5) is 33.1. The molecule has 168 valence electrons. The molecule has 2 amide bonds. The molecule has 0 bridgehead atoms. The molecule has 1 N–H and O–H groups in total. The van der Waals surface area contributed by atoms with E-state index in [9.17, 15) is 9.59 Å². The van der Waals surface area contributed by atoms with E-state index in [-0.39, 0.29) is 11.8 Å². The molecule has 0 atom stereocenters. The van der Waals surface area contributed by atoms with Crippen molar-refractivity contribution in [2.75, 3.05) is 18.4 Å². The molecule has 0 aliphatic carbocycles. The van der Waals surface area contributed by atoms with Crippen LogP contribution in [0.15, 0.2) is 60.1 Å². The average Bonchev–Trinajstić information content (AvgIpc) is 3.46. The molecule has 3 heterocycles. The van der Waals surface area contributed by atoms with Crippen molar-refractivity contribution in [2.45, 2.75) is 32.6 Å². The number of aromatic nitrogens is 2. The third-order valence-corrected chi connectivity index (χ3v) is 6.95. The Morgan fingerprint density at radius 3 is 2.61 bits per heavy atom. The van der Waals surface area contributed by atoms with E-state index >= 15 is 0 Å². The van der Waals surface area contributed by atoms with Crippen LogP contribution in [0.2, 0.25) is 0 Å². The van der Waals surface area contributed by atoms with E-state index in [0.29, 0.717) is 16.9 Å². The zero-order valence-corrected chi connectivity index (χ0v) is 19.4. The topological polar surface area (TPSA) is 66.7 Å². The molecule has 0 spiro atoms. The van der Waals surface area contributed by atoms with Gasteiger partial charge in [0.15, 0.2) is 4.96 Å². The largest absolute Gasteiger partial charge is 0.337 e. The Kier molecular flexibility index (Phi) is 5.96. The summed E-state index contributed by atoms with van der Waals surface area (Å²) >= 11 is 1.47. The monoisotopic (exact) mass is 458 g/mol. The quantitative estimate of drug-likeness (QED) is 0.429. The first-order valence-electron chi connectivity index (χ1n) is 11.4. The molecule has 2 aromatic heterocycles. The van der Waals surface area contributed by atoms with E-state index in [0.717, 1.165) is 48.6 Å². The van der Waals surface area contributed by atoms with Crippen LogP contribution in [-0.2, 0) is 6.42 Å². The lowest BCUT2D eigenvalue weighted by molar-refractivity contribution is 0.0717. The van der Waals surface area contributed by atoms with Gasteiger partial charge in [-0.2, -0.15) is 0 Å². The lowest BCUT2D eigenvalue weighted by atomic mass is 10.1. The predicted molar refractivity (Wildman–Crippen MR) is 132 cm³/mol. The second-order valence-corrected chi connectivity index (χ2v) is 9.17. The highest BCUT2D eigenvalue weighted by Gasteiger charge is 2.22. The van der Waals surface area contributed by atoms with Crippen LogP contribution in [0.5, 0.6) is 0 Å². The van der Waals surface area contributed by atoms with Gasteiger partial charge in [-0.15, -0.1) is 11.3 Å². The number of hydrogen-bond acceptors (Lipinski definition) is 4. The van der Waals surface area contributed by atoms with Gasteiger partial charge in [0.25, 0.3) is 11.8 Å². The van der Waals surface area contributed by atoms with Crippen molar-refractivity contribution in [1.29, 1.82) is 0 Å². The van der Waals surface area contributed by atoms with E-state index < -0.39 is 0 Å². The third kappa shape index (κ3) is 4.41. The van der Waals surface area contributed by atoms with Crippen LogP contribution >= 0.6 is 11.3 Å². The van der Waals surface area contributed by atoms with Crippen LogP contribution < -0.4 is 5.32 Å². The maximum Gasteiger partial charge on any atom is 0.271 e. The number of nitrogens with zero attached hydrogens (tertiary/aromatic N) is 3. The van der Waals surface area contributed by atoms with Gasteiger partial charge < -0.3 is 10.2 Å². The average molecular weight is 459 g/mol. The molecule has 0 saturated carbocycles. The summed E-state index contributed by atoms with van der Waals surface area (Å²) in [5, 5.41) is 4.87. The Bertz CT molecular complexity index is 1300. The van der Waals surface area contributed by atoms with Crippen molar-refractivity contribution < 1.29 is 9.59 Å². The second kappa shape index (κ2) is 9.19. The first kappa shape index (κ1) is 21.4. The highest BCUT2D eigenvalue weighted by atomic mass is 32.1. The number of carbonyl (C=O) groups excluding carboxylic acids is 2. The van der Waals surface area contributed by atoms with Crippen LogP contribution in [0, 0.1) is 0 Å². The summed E-state index contributed by atoms with van der Waals surface area (Å²) < 4.78 is 1.89. The molecular weight excluding hydrogens is 432 g/mol. The van der Waals surface area contributed by atoms with Crippen LogP contribution in [0.3, 0.4) is 0 Å². The number of piperidine rings is 1. The maximum atomic E-state index is 13.0. The SMILES string of the molecule is CCc1ccc(C(=O)Nc2cccc(-c3cn4c(C(=O)N5CCCCC5)csc4n3)c2)cc1. The molecule has 1 saturated heterocycles. The summed E-state index contributed by atoms with van der Waals surface area (Å²) in [6.45, 7) is 3.73. The van der Waals surface area contributed by atoms with Gasteiger partial charge in [0.2, 0.25) is 0 Å². The zero-order valence-electron chi connectivity index (χ0n) is 18.6. The molecule has 33 heavy (non-hydrogen) atoms. The number of nitrogens with one attached hydrogen (secondary N) is 1. The summed E-state index contributed by atoms with van der Waals surface area (Å²) in [6.07, 6.45) is 6.17. The number of anilines is 1. The van der Waals surface area contributed by atoms with Crippen molar-refractivity contribution >= 4 is 33.8 Å². The van der Waals surface area contributed by atoms with Gasteiger partial charge in [-0.25, -0.2) is 4.98 Å². The molecule has 7 heteroatoms. The number of carbonyl (C=O) groups is 2. The minimum absolute atomic E-state index is 0.0694. The smallest absolute Gasteiger partial charge is 0.271 e. The first-order chi connectivity index (χ1) is 16.1. The Balaban J connectivity index is 1.36. The standard InChI is InChI=1S/C26H26N4O2S/c1-2-18-9-11-19(12-10-18)24(31)27-21-8-6-7-20(15-21)22-16-30-23(17-33-26(30)28-22)25(32)29-13-4-3-5-14-29/h6-12,15-17H,2-5,13-14H2,1H3,(H,27,31). The van der Waals surface area contributed by atoms with Crippen molar-refractivity contribution in [2.24, 2.45) is 0 Å². The van der Waals surface area contributed by atoms with Gasteiger partial charge >= 0.3 is 0 Å². The minimum atomic E-state index is -0.143. The molecule has 2 aromatic carbocycles. The van der Waals surface area contributed by atoms with Gasteiger partial charge in [-0.05, 0) is 55.5 Å². The van der Waals surface area contributed by atoms with Crippen molar-refractivity contribution in [3.63, 3.8) is 0 Å². The molecule has 1 fully saturated rings. The predicted octanol–water partition coefficient (Wildman–Crippen LogP) is 5.50. The molecule has 0 unspecified atom stereocenters. The minimum Gasteiger partial charge on any atom is -0.337 e. The van der Waals surface area contributed by atoms with Gasteiger partial charge in [0, 0.05) is 41.5 Å². The highest BCUT2D eigenvalue weighted by molar-refractivity contribution is 7.15. The van der Waals surface area contributed by atoms with E-state index in [1.165, 1.54) is 23.3 Å². The number of rotatable bonds is 5. The fraction of sp³-hybridized carbons (Fsp3) is 0.269. The number of hydrogen-bond donors (Lipinski definition) is 1. The number of imidazole rings is 1. The second-order valence-electron chi connectivity index (χ2n) is 8.34. The fourth-order valence-electron chi connectivity index (χ4n) is 4.19. The Morgan fingerprint density at radius 2 is 1.85 bits per heavy atom. The van der Waals surface area contributed by atoms with E-state index in [1.54, 1.807) is 0 Å². The van der Waals surface area contributed by atoms with Crippen LogP contribution in [0.1, 0.15) is 52.6 Å². The molecule has 1 aliphatic heterocycles. The normalized spacial score (nSPS) is 13.9. The number of thiazole rings is 1. The van der Waals surface area contributed by atoms with Gasteiger partial charge in [0.05, 0.1) is 5.69 Å². The van der Waals surface area contributed by atoms with Crippen LogP contribution in [0.4, 0.5) is 5.69 Å². The molecule has 0 radical (unpaired) electrons. The number of fused-ring (bicyclic) bond motifs is 1. The van der Waals surface area contributed by atoms with E-state index in [4.69, 9.17) is 4.98 Å². The molecule has 4 aromatic rings. The summed E-state index contributed by atoms with van der Waals surface area (Å²) in [5.41, 5.74) is 4.86. The molecule has 6 nitrogen and oxygen atoms in total. The highest BCUT2D eigenvalue weighted by Crippen LogP contribution is 2.27. The summed E-state index contributed by atoms with van der Waals surface area (Å²) in [6, 6.07) is 15.3. The number of likely N-dealkylation sites (tertiary alicyclic amines) is 1. The molecular formula is C26H26N4O2S. The lowest BCUT2D eigenvalue weighted by Crippen LogP contribution is -2.36. The van der Waals surface area contributed by atoms with Crippen LogP contribution in [-0.4, -0.2) is 39.2 Å². The Labute approximate surface area is 196 Å². The number of aryl methyl sites for hydroxylation is 1. The lowest BCUT2D eigenvalue weighted by Gasteiger charge is -2.26. The van der Waals surface area contributed by atoms with Gasteiger partial charge in [0.1, 0.15) is 5.69 Å².